The molecule has 1 N–H and O–H groups in total. The molecular weight excluding hydrogens is 282 g/mol. The summed E-state index contributed by atoms with van der Waals surface area (Å²) in [7, 11) is 0. The number of nitrogens with one attached hydrogen (secondary N) is 1. The van der Waals surface area contributed by atoms with Crippen LogP contribution in [0.5, 0.6) is 0 Å². The summed E-state index contributed by atoms with van der Waals surface area (Å²) in [6.45, 7) is 5.89. The van der Waals surface area contributed by atoms with Crippen molar-refractivity contribution in [2.75, 3.05) is 6.61 Å². The van der Waals surface area contributed by atoms with E-state index in [1.54, 1.807) is 24.3 Å². The predicted octanol–water partition coefficient (Wildman–Crippen LogP) is 3.15. The van der Waals surface area contributed by atoms with Gasteiger partial charge in [-0.25, -0.2) is 9.59 Å². The highest BCUT2D eigenvalue weighted by atomic mass is 16.6. The van der Waals surface area contributed by atoms with Gasteiger partial charge in [-0.2, -0.15) is 0 Å². The standard InChI is InChI=1S/C17H23NO4/c1-17(2,3)22-16(20)18-14-9-12(10-14)11-21-15(19)13-7-5-4-6-8-13/h4-8,12,14H,9-11H2,1-3H3,(H,18,20). The van der Waals surface area contributed by atoms with E-state index >= 15 is 0 Å². The van der Waals surface area contributed by atoms with Gasteiger partial charge in [0.05, 0.1) is 12.2 Å². The fourth-order valence-electron chi connectivity index (χ4n) is 2.31. The summed E-state index contributed by atoms with van der Waals surface area (Å²) in [6, 6.07) is 9.04. The second-order valence-corrected chi connectivity index (χ2v) is 6.65. The smallest absolute Gasteiger partial charge is 0.407 e. The monoisotopic (exact) mass is 305 g/mol. The molecule has 0 radical (unpaired) electrons. The zero-order valence-corrected chi connectivity index (χ0v) is 13.3. The highest BCUT2D eigenvalue weighted by Gasteiger charge is 2.32. The first kappa shape index (κ1) is 16.3. The number of alkyl carbamates (subject to hydrolysis) is 1. The molecule has 0 atom stereocenters. The minimum Gasteiger partial charge on any atom is -0.462 e. The fourth-order valence-corrected chi connectivity index (χ4v) is 2.31. The molecular formula is C17H23NO4. The summed E-state index contributed by atoms with van der Waals surface area (Å²) in [4.78, 5) is 23.4. The minimum absolute atomic E-state index is 0.107. The van der Waals surface area contributed by atoms with E-state index in [9.17, 15) is 9.59 Å². The van der Waals surface area contributed by atoms with Crippen molar-refractivity contribution in [1.29, 1.82) is 0 Å². The second-order valence-electron chi connectivity index (χ2n) is 6.65. The van der Waals surface area contributed by atoms with Gasteiger partial charge in [-0.15, -0.1) is 0 Å². The molecule has 0 aromatic heterocycles. The van der Waals surface area contributed by atoms with Gasteiger partial charge < -0.3 is 14.8 Å². The van der Waals surface area contributed by atoms with Crippen molar-refractivity contribution < 1.29 is 19.1 Å². The molecule has 0 bridgehead atoms. The minimum atomic E-state index is -0.488. The number of ether oxygens (including phenoxy) is 2. The number of esters is 1. The lowest BCUT2D eigenvalue weighted by Gasteiger charge is -2.35. The quantitative estimate of drug-likeness (QED) is 0.868. The Bertz CT molecular complexity index is 515. The predicted molar refractivity (Wildman–Crippen MR) is 82.6 cm³/mol. The average Bonchev–Trinajstić information content (AvgIpc) is 2.39. The lowest BCUT2D eigenvalue weighted by atomic mass is 9.81. The van der Waals surface area contributed by atoms with Crippen molar-refractivity contribution in [2.24, 2.45) is 5.92 Å². The first-order valence-electron chi connectivity index (χ1n) is 7.55. The molecule has 1 aliphatic rings. The van der Waals surface area contributed by atoms with Crippen molar-refractivity contribution in [2.45, 2.75) is 45.3 Å². The molecule has 0 saturated heterocycles. The number of benzene rings is 1. The highest BCUT2D eigenvalue weighted by Crippen LogP contribution is 2.28. The summed E-state index contributed by atoms with van der Waals surface area (Å²) in [6.07, 6.45) is 1.22. The molecule has 0 aliphatic heterocycles. The van der Waals surface area contributed by atoms with Crippen LogP contribution < -0.4 is 5.32 Å². The summed E-state index contributed by atoms with van der Waals surface area (Å²) in [5, 5.41) is 2.82. The normalized spacial score (nSPS) is 20.7. The maximum Gasteiger partial charge on any atom is 0.407 e. The number of hydrogen-bond acceptors (Lipinski definition) is 4. The Morgan fingerprint density at radius 1 is 1.18 bits per heavy atom. The Morgan fingerprint density at radius 2 is 1.82 bits per heavy atom. The third-order valence-electron chi connectivity index (χ3n) is 3.42. The van der Waals surface area contributed by atoms with E-state index < -0.39 is 11.7 Å². The molecule has 0 unspecified atom stereocenters. The third-order valence-corrected chi connectivity index (χ3v) is 3.42. The van der Waals surface area contributed by atoms with Gasteiger partial charge in [0.2, 0.25) is 0 Å². The lowest BCUT2D eigenvalue weighted by molar-refractivity contribution is 0.0258. The third kappa shape index (κ3) is 5.06. The largest absolute Gasteiger partial charge is 0.462 e. The fraction of sp³-hybridized carbons (Fsp3) is 0.529. The molecule has 1 amide bonds. The van der Waals surface area contributed by atoms with Crippen LogP contribution in [0.25, 0.3) is 0 Å². The molecule has 1 aromatic carbocycles. The topological polar surface area (TPSA) is 64.6 Å². The Morgan fingerprint density at radius 3 is 2.41 bits per heavy atom. The molecule has 22 heavy (non-hydrogen) atoms. The molecule has 120 valence electrons. The molecule has 0 spiro atoms. The zero-order chi connectivity index (χ0) is 16.2. The Kier molecular flexibility index (Phi) is 5.06. The van der Waals surface area contributed by atoms with Gasteiger partial charge in [0, 0.05) is 6.04 Å². The van der Waals surface area contributed by atoms with Crippen LogP contribution >= 0.6 is 0 Å². The number of carbonyl (C=O) groups excluding carboxylic acids is 2. The highest BCUT2D eigenvalue weighted by molar-refractivity contribution is 5.89. The van der Waals surface area contributed by atoms with Crippen molar-refractivity contribution in [3.8, 4) is 0 Å². The van der Waals surface area contributed by atoms with Crippen LogP contribution in [0.15, 0.2) is 30.3 Å². The zero-order valence-electron chi connectivity index (χ0n) is 13.3. The van der Waals surface area contributed by atoms with Crippen molar-refractivity contribution in [3.05, 3.63) is 35.9 Å². The molecule has 1 fully saturated rings. The lowest BCUT2D eigenvalue weighted by Crippen LogP contribution is -2.47. The van der Waals surface area contributed by atoms with Gasteiger partial charge in [0.1, 0.15) is 5.60 Å². The van der Waals surface area contributed by atoms with Crippen LogP contribution in [0.3, 0.4) is 0 Å². The van der Waals surface area contributed by atoms with E-state index in [1.807, 2.05) is 26.8 Å². The van der Waals surface area contributed by atoms with Crippen LogP contribution in [0.1, 0.15) is 44.0 Å². The first-order chi connectivity index (χ1) is 10.3. The van der Waals surface area contributed by atoms with E-state index in [1.165, 1.54) is 0 Å². The van der Waals surface area contributed by atoms with Gasteiger partial charge in [0.25, 0.3) is 0 Å². The van der Waals surface area contributed by atoms with Crippen LogP contribution in [-0.4, -0.2) is 30.3 Å². The van der Waals surface area contributed by atoms with Crippen molar-refractivity contribution in [3.63, 3.8) is 0 Å². The average molecular weight is 305 g/mol. The van der Waals surface area contributed by atoms with Crippen molar-refractivity contribution >= 4 is 12.1 Å². The maximum atomic E-state index is 11.8. The van der Waals surface area contributed by atoms with E-state index in [-0.39, 0.29) is 12.0 Å². The number of hydrogen-bond donors (Lipinski definition) is 1. The Balaban J connectivity index is 1.64. The van der Waals surface area contributed by atoms with Gasteiger partial charge in [-0.05, 0) is 51.7 Å². The maximum absolute atomic E-state index is 11.8. The van der Waals surface area contributed by atoms with Gasteiger partial charge in [-0.3, -0.25) is 0 Å². The summed E-state index contributed by atoms with van der Waals surface area (Å²) in [5.74, 6) is -0.00301. The first-order valence-corrected chi connectivity index (χ1v) is 7.55. The molecule has 1 saturated carbocycles. The van der Waals surface area contributed by atoms with E-state index in [0.717, 1.165) is 12.8 Å². The molecule has 1 aromatic rings. The van der Waals surface area contributed by atoms with Gasteiger partial charge in [-0.1, -0.05) is 18.2 Å². The molecule has 1 aliphatic carbocycles. The van der Waals surface area contributed by atoms with Crippen LogP contribution in [-0.2, 0) is 9.47 Å². The number of carbonyl (C=O) groups is 2. The number of rotatable bonds is 4. The summed E-state index contributed by atoms with van der Waals surface area (Å²) in [5.41, 5.74) is 0.0728. The van der Waals surface area contributed by atoms with E-state index in [0.29, 0.717) is 18.1 Å². The van der Waals surface area contributed by atoms with Crippen LogP contribution in [0.2, 0.25) is 0 Å². The van der Waals surface area contributed by atoms with Crippen LogP contribution in [0, 0.1) is 5.92 Å². The Labute approximate surface area is 131 Å². The molecule has 5 heteroatoms. The molecule has 5 nitrogen and oxygen atoms in total. The SMILES string of the molecule is CC(C)(C)OC(=O)NC1CC(COC(=O)c2ccccc2)C1. The van der Waals surface area contributed by atoms with Crippen LogP contribution in [0.4, 0.5) is 4.79 Å². The summed E-state index contributed by atoms with van der Waals surface area (Å²) < 4.78 is 10.5. The second kappa shape index (κ2) is 6.81. The summed E-state index contributed by atoms with van der Waals surface area (Å²) >= 11 is 0. The Hall–Kier alpha value is -2.04. The van der Waals surface area contributed by atoms with Crippen molar-refractivity contribution in [1.82, 2.24) is 5.32 Å². The van der Waals surface area contributed by atoms with Gasteiger partial charge in [0.15, 0.2) is 0 Å². The van der Waals surface area contributed by atoms with E-state index in [4.69, 9.17) is 9.47 Å². The molecule has 2 rings (SSSR count). The number of amides is 1. The molecule has 0 heterocycles. The van der Waals surface area contributed by atoms with E-state index in [2.05, 4.69) is 5.32 Å². The van der Waals surface area contributed by atoms with Gasteiger partial charge >= 0.3 is 12.1 Å².